The average molecular weight is 174 g/mol. The lowest BCUT2D eigenvalue weighted by Gasteiger charge is -2.16. The van der Waals surface area contributed by atoms with Gasteiger partial charge in [0, 0.05) is 12.6 Å². The van der Waals surface area contributed by atoms with Crippen molar-refractivity contribution in [1.82, 2.24) is 10.2 Å². The van der Waals surface area contributed by atoms with Gasteiger partial charge in [-0.2, -0.15) is 0 Å². The lowest BCUT2D eigenvalue weighted by Crippen LogP contribution is -2.30. The van der Waals surface area contributed by atoms with Crippen LogP contribution in [0.5, 0.6) is 0 Å². The molecule has 0 aromatic heterocycles. The summed E-state index contributed by atoms with van der Waals surface area (Å²) in [6, 6.07) is 0.555. The maximum Gasteiger partial charge on any atom is 0.0443 e. The van der Waals surface area contributed by atoms with E-state index in [1.165, 1.54) is 6.42 Å². The molecule has 0 heterocycles. The third-order valence-electron chi connectivity index (χ3n) is 1.84. The molecule has 0 aliphatic carbocycles. The Balaban J connectivity index is 3.15. The van der Waals surface area contributed by atoms with Crippen LogP contribution in [0, 0.1) is 0 Å². The quantitative estimate of drug-likeness (QED) is 0.545. The number of hydrogen-bond acceptors (Lipinski definition) is 3. The summed E-state index contributed by atoms with van der Waals surface area (Å²) in [5.41, 5.74) is 0. The Kier molecular flexibility index (Phi) is 7.45. The molecule has 0 amide bonds. The Hall–Kier alpha value is -0.120. The molecule has 0 rings (SSSR count). The van der Waals surface area contributed by atoms with Crippen LogP contribution in [0.25, 0.3) is 0 Å². The molecular weight excluding hydrogens is 152 g/mol. The predicted molar refractivity (Wildman–Crippen MR) is 52.3 cm³/mol. The van der Waals surface area contributed by atoms with Gasteiger partial charge in [0.25, 0.3) is 0 Å². The largest absolute Gasteiger partial charge is 0.396 e. The minimum Gasteiger partial charge on any atom is -0.396 e. The Bertz CT molecular complexity index is 96.5. The fourth-order valence-corrected chi connectivity index (χ4v) is 0.981. The molecule has 0 fully saturated rings. The van der Waals surface area contributed by atoms with E-state index in [0.717, 1.165) is 19.5 Å². The highest BCUT2D eigenvalue weighted by Gasteiger charge is 2.00. The van der Waals surface area contributed by atoms with Gasteiger partial charge in [-0.1, -0.05) is 0 Å². The summed E-state index contributed by atoms with van der Waals surface area (Å²) >= 11 is 0. The van der Waals surface area contributed by atoms with Crippen LogP contribution in [0.2, 0.25) is 0 Å². The summed E-state index contributed by atoms with van der Waals surface area (Å²) in [5, 5.41) is 11.9. The molecule has 0 aromatic rings. The standard InChI is InChI=1S/C9H22N2O/c1-9(5-7-11(2)3)10-6-4-8-12/h9-10,12H,4-8H2,1-3H3. The molecule has 3 heteroatoms. The van der Waals surface area contributed by atoms with E-state index in [1.807, 2.05) is 0 Å². The molecule has 0 aliphatic rings. The number of nitrogens with one attached hydrogen (secondary N) is 1. The first kappa shape index (κ1) is 11.9. The minimum absolute atomic E-state index is 0.285. The maximum atomic E-state index is 8.55. The summed E-state index contributed by atoms with van der Waals surface area (Å²) in [5.74, 6) is 0. The van der Waals surface area contributed by atoms with Gasteiger partial charge < -0.3 is 15.3 Å². The zero-order valence-electron chi connectivity index (χ0n) is 8.51. The smallest absolute Gasteiger partial charge is 0.0443 e. The zero-order chi connectivity index (χ0) is 9.40. The first-order chi connectivity index (χ1) is 5.66. The molecule has 2 N–H and O–H groups in total. The van der Waals surface area contributed by atoms with Crippen LogP contribution in [0.4, 0.5) is 0 Å². The van der Waals surface area contributed by atoms with Crippen LogP contribution in [0.3, 0.4) is 0 Å². The molecule has 0 radical (unpaired) electrons. The van der Waals surface area contributed by atoms with Gasteiger partial charge in [-0.15, -0.1) is 0 Å². The molecule has 0 aromatic carbocycles. The van der Waals surface area contributed by atoms with Crippen LogP contribution < -0.4 is 5.32 Å². The van der Waals surface area contributed by atoms with Crippen LogP contribution in [-0.2, 0) is 0 Å². The first-order valence-corrected chi connectivity index (χ1v) is 4.65. The van der Waals surface area contributed by atoms with Gasteiger partial charge >= 0.3 is 0 Å². The van der Waals surface area contributed by atoms with Gasteiger partial charge in [0.1, 0.15) is 0 Å². The molecular formula is C9H22N2O. The summed E-state index contributed by atoms with van der Waals surface area (Å²) in [6.45, 7) is 4.51. The lowest BCUT2D eigenvalue weighted by molar-refractivity contribution is 0.281. The van der Waals surface area contributed by atoms with Crippen molar-refractivity contribution >= 4 is 0 Å². The summed E-state index contributed by atoms with van der Waals surface area (Å²) in [4.78, 5) is 2.18. The molecule has 0 aliphatic heterocycles. The highest BCUT2D eigenvalue weighted by Crippen LogP contribution is 1.91. The van der Waals surface area contributed by atoms with E-state index in [4.69, 9.17) is 5.11 Å². The van der Waals surface area contributed by atoms with E-state index in [1.54, 1.807) is 0 Å². The van der Waals surface area contributed by atoms with Gasteiger partial charge in [-0.25, -0.2) is 0 Å². The van der Waals surface area contributed by atoms with Gasteiger partial charge in [-0.05, 0) is 47.0 Å². The summed E-state index contributed by atoms with van der Waals surface area (Å²) in [6.07, 6.45) is 2.02. The Morgan fingerprint density at radius 1 is 1.42 bits per heavy atom. The van der Waals surface area contributed by atoms with Crippen LogP contribution in [-0.4, -0.2) is 49.8 Å². The molecule has 1 unspecified atom stereocenters. The zero-order valence-corrected chi connectivity index (χ0v) is 8.51. The van der Waals surface area contributed by atoms with Crippen molar-refractivity contribution < 1.29 is 5.11 Å². The molecule has 3 nitrogen and oxygen atoms in total. The highest BCUT2D eigenvalue weighted by atomic mass is 16.3. The first-order valence-electron chi connectivity index (χ1n) is 4.65. The Morgan fingerprint density at radius 3 is 2.58 bits per heavy atom. The third kappa shape index (κ3) is 7.98. The normalized spacial score (nSPS) is 13.8. The van der Waals surface area contributed by atoms with Crippen molar-refractivity contribution in [2.45, 2.75) is 25.8 Å². The van der Waals surface area contributed by atoms with Crippen molar-refractivity contribution in [2.75, 3.05) is 33.8 Å². The van der Waals surface area contributed by atoms with E-state index < -0.39 is 0 Å². The van der Waals surface area contributed by atoms with Crippen molar-refractivity contribution in [3.05, 3.63) is 0 Å². The van der Waals surface area contributed by atoms with E-state index >= 15 is 0 Å². The van der Waals surface area contributed by atoms with E-state index in [2.05, 4.69) is 31.2 Å². The van der Waals surface area contributed by atoms with Crippen LogP contribution in [0.1, 0.15) is 19.8 Å². The van der Waals surface area contributed by atoms with E-state index in [-0.39, 0.29) is 6.61 Å². The molecule has 74 valence electrons. The third-order valence-corrected chi connectivity index (χ3v) is 1.84. The molecule has 0 spiro atoms. The fourth-order valence-electron chi connectivity index (χ4n) is 0.981. The monoisotopic (exact) mass is 174 g/mol. The van der Waals surface area contributed by atoms with Crippen molar-refractivity contribution in [3.8, 4) is 0 Å². The van der Waals surface area contributed by atoms with Crippen molar-refractivity contribution in [2.24, 2.45) is 0 Å². The van der Waals surface area contributed by atoms with Gasteiger partial charge in [0.05, 0.1) is 0 Å². The average Bonchev–Trinajstić information content (AvgIpc) is 2.01. The lowest BCUT2D eigenvalue weighted by atomic mass is 10.2. The SMILES string of the molecule is CC(CCN(C)C)NCCCO. The van der Waals surface area contributed by atoms with Crippen molar-refractivity contribution in [1.29, 1.82) is 0 Å². The fraction of sp³-hybridized carbons (Fsp3) is 1.00. The predicted octanol–water partition coefficient (Wildman–Crippen LogP) is 0.299. The van der Waals surface area contributed by atoms with Gasteiger partial charge in [0.15, 0.2) is 0 Å². The van der Waals surface area contributed by atoms with Gasteiger partial charge in [0.2, 0.25) is 0 Å². The number of nitrogens with zero attached hydrogens (tertiary/aromatic N) is 1. The molecule has 12 heavy (non-hydrogen) atoms. The molecule has 0 bridgehead atoms. The van der Waals surface area contributed by atoms with Crippen LogP contribution in [0.15, 0.2) is 0 Å². The number of rotatable bonds is 7. The number of aliphatic hydroxyl groups is 1. The van der Waals surface area contributed by atoms with E-state index in [9.17, 15) is 0 Å². The summed E-state index contributed by atoms with van der Waals surface area (Å²) < 4.78 is 0. The summed E-state index contributed by atoms with van der Waals surface area (Å²) in [7, 11) is 4.17. The second kappa shape index (κ2) is 7.53. The minimum atomic E-state index is 0.285. The molecule has 0 saturated carbocycles. The number of hydrogen-bond donors (Lipinski definition) is 2. The molecule has 1 atom stereocenters. The van der Waals surface area contributed by atoms with Crippen LogP contribution >= 0.6 is 0 Å². The van der Waals surface area contributed by atoms with Crippen molar-refractivity contribution in [3.63, 3.8) is 0 Å². The topological polar surface area (TPSA) is 35.5 Å². The second-order valence-corrected chi connectivity index (χ2v) is 3.52. The Labute approximate surface area is 75.8 Å². The van der Waals surface area contributed by atoms with Gasteiger partial charge in [-0.3, -0.25) is 0 Å². The molecule has 0 saturated heterocycles. The Morgan fingerprint density at radius 2 is 2.08 bits per heavy atom. The number of aliphatic hydroxyl groups excluding tert-OH is 1. The van der Waals surface area contributed by atoms with E-state index in [0.29, 0.717) is 6.04 Å². The maximum absolute atomic E-state index is 8.55. The highest BCUT2D eigenvalue weighted by molar-refractivity contribution is 4.61. The second-order valence-electron chi connectivity index (χ2n) is 3.52.